The Labute approximate surface area is 250 Å². The van der Waals surface area contributed by atoms with Gasteiger partial charge in [0.2, 0.25) is 0 Å². The summed E-state index contributed by atoms with van der Waals surface area (Å²) in [6.07, 6.45) is 0. The molecule has 43 heavy (non-hydrogen) atoms. The number of rotatable bonds is 5. The number of fused-ring (bicyclic) bond motifs is 4. The fourth-order valence-electron chi connectivity index (χ4n) is 6.87. The van der Waals surface area contributed by atoms with Gasteiger partial charge in [-0.25, -0.2) is 0 Å². The van der Waals surface area contributed by atoms with Crippen LogP contribution in [0.5, 0.6) is 0 Å². The summed E-state index contributed by atoms with van der Waals surface area (Å²) >= 11 is 0. The van der Waals surface area contributed by atoms with E-state index in [1.807, 2.05) is 19.1 Å². The Kier molecular flexibility index (Phi) is 5.73. The zero-order valence-electron chi connectivity index (χ0n) is 23.8. The van der Waals surface area contributed by atoms with E-state index in [1.165, 1.54) is 27.5 Å². The van der Waals surface area contributed by atoms with Crippen molar-refractivity contribution in [3.8, 4) is 5.69 Å². The zero-order chi connectivity index (χ0) is 29.0. The second-order valence-corrected chi connectivity index (χ2v) is 11.2. The molecular weight excluding hydrogens is 522 g/mol. The van der Waals surface area contributed by atoms with Crippen molar-refractivity contribution in [1.29, 1.82) is 5.41 Å². The average Bonchev–Trinajstić information content (AvgIpc) is 3.58. The molecule has 0 saturated heterocycles. The molecule has 0 unspecified atom stereocenters. The standard InChI is InChI=1S/C40H29N3/c1-27(41)28-21-23-32(24-22-28)43-37-20-12-11-19-33(37)34-25-36-35(26-38(34)43)40(30-15-7-3-8-16-30,31-17-9-4-10-18-31)39(42-36)29-13-5-2-6-14-29/h2-26,41H,1H3. The summed E-state index contributed by atoms with van der Waals surface area (Å²) in [4.78, 5) is 5.48. The average molecular weight is 552 g/mol. The van der Waals surface area contributed by atoms with Gasteiger partial charge in [-0.05, 0) is 59.5 Å². The molecule has 0 fully saturated rings. The van der Waals surface area contributed by atoms with E-state index >= 15 is 0 Å². The Morgan fingerprint density at radius 2 is 1.19 bits per heavy atom. The highest BCUT2D eigenvalue weighted by Gasteiger charge is 2.47. The minimum absolute atomic E-state index is 0.563. The van der Waals surface area contributed by atoms with E-state index in [4.69, 9.17) is 10.4 Å². The van der Waals surface area contributed by atoms with Crippen LogP contribution in [0, 0.1) is 5.41 Å². The molecule has 7 aromatic rings. The normalized spacial score (nSPS) is 13.7. The maximum atomic E-state index is 8.10. The third-order valence-corrected chi connectivity index (χ3v) is 8.80. The van der Waals surface area contributed by atoms with Gasteiger partial charge in [-0.15, -0.1) is 0 Å². The van der Waals surface area contributed by atoms with E-state index in [-0.39, 0.29) is 0 Å². The zero-order valence-corrected chi connectivity index (χ0v) is 23.8. The van der Waals surface area contributed by atoms with Gasteiger partial charge in [0.1, 0.15) is 0 Å². The summed E-state index contributed by atoms with van der Waals surface area (Å²) in [5.74, 6) is 0. The number of benzene rings is 6. The number of nitrogens with one attached hydrogen (secondary N) is 1. The van der Waals surface area contributed by atoms with Crippen molar-refractivity contribution in [2.75, 3.05) is 0 Å². The number of para-hydroxylation sites is 1. The van der Waals surface area contributed by atoms with Crippen LogP contribution in [0.2, 0.25) is 0 Å². The lowest BCUT2D eigenvalue weighted by Gasteiger charge is -2.34. The van der Waals surface area contributed by atoms with Crippen molar-refractivity contribution < 1.29 is 0 Å². The molecule has 8 rings (SSSR count). The molecule has 2 heterocycles. The largest absolute Gasteiger partial charge is 0.309 e. The first-order chi connectivity index (χ1) is 21.2. The Morgan fingerprint density at radius 1 is 0.605 bits per heavy atom. The molecule has 3 heteroatoms. The summed E-state index contributed by atoms with van der Waals surface area (Å²) in [7, 11) is 0. The van der Waals surface area contributed by atoms with Crippen LogP contribution in [0.4, 0.5) is 5.69 Å². The van der Waals surface area contributed by atoms with Crippen LogP contribution in [-0.2, 0) is 5.41 Å². The van der Waals surface area contributed by atoms with E-state index in [9.17, 15) is 0 Å². The Balaban J connectivity index is 1.50. The lowest BCUT2D eigenvalue weighted by molar-refractivity contribution is 0.851. The summed E-state index contributed by atoms with van der Waals surface area (Å²) in [6.45, 7) is 1.83. The van der Waals surface area contributed by atoms with Gasteiger partial charge in [0.05, 0.1) is 27.8 Å². The predicted octanol–water partition coefficient (Wildman–Crippen LogP) is 9.64. The molecular formula is C40H29N3. The molecule has 6 aromatic carbocycles. The third kappa shape index (κ3) is 3.75. The molecule has 1 aliphatic rings. The van der Waals surface area contributed by atoms with Crippen molar-refractivity contribution in [3.05, 3.63) is 179 Å². The first-order valence-corrected chi connectivity index (χ1v) is 14.7. The van der Waals surface area contributed by atoms with Gasteiger partial charge < -0.3 is 9.98 Å². The molecule has 1 aromatic heterocycles. The quantitative estimate of drug-likeness (QED) is 0.207. The molecule has 0 aliphatic carbocycles. The monoisotopic (exact) mass is 551 g/mol. The van der Waals surface area contributed by atoms with Gasteiger partial charge in [-0.2, -0.15) is 0 Å². The summed E-state index contributed by atoms with van der Waals surface area (Å²) in [5, 5.41) is 10.5. The molecule has 3 nitrogen and oxygen atoms in total. The van der Waals surface area contributed by atoms with Gasteiger partial charge in [-0.3, -0.25) is 4.99 Å². The number of aromatic nitrogens is 1. The van der Waals surface area contributed by atoms with E-state index in [2.05, 4.69) is 144 Å². The SMILES string of the molecule is CC(=N)c1ccc(-n2c3ccccc3c3cc4c(cc32)C(c2ccccc2)(c2ccccc2)C(c2ccccc2)=N4)cc1. The van der Waals surface area contributed by atoms with Crippen LogP contribution < -0.4 is 0 Å². The van der Waals surface area contributed by atoms with Gasteiger partial charge in [0, 0.05) is 27.7 Å². The molecule has 1 aliphatic heterocycles. The maximum absolute atomic E-state index is 8.10. The Morgan fingerprint density at radius 3 is 1.81 bits per heavy atom. The Bertz CT molecular complexity index is 2130. The number of aliphatic imine (C=N–C) groups is 1. The topological polar surface area (TPSA) is 41.1 Å². The van der Waals surface area contributed by atoms with E-state index in [0.717, 1.165) is 39.2 Å². The molecule has 0 spiro atoms. The van der Waals surface area contributed by atoms with Crippen molar-refractivity contribution in [3.63, 3.8) is 0 Å². The van der Waals surface area contributed by atoms with E-state index in [1.54, 1.807) is 0 Å². The number of hydrogen-bond acceptors (Lipinski definition) is 2. The minimum Gasteiger partial charge on any atom is -0.309 e. The molecule has 0 amide bonds. The van der Waals surface area contributed by atoms with Crippen LogP contribution in [-0.4, -0.2) is 16.0 Å². The summed E-state index contributed by atoms with van der Waals surface area (Å²) in [6, 6.07) is 53.8. The van der Waals surface area contributed by atoms with E-state index < -0.39 is 5.41 Å². The van der Waals surface area contributed by atoms with Gasteiger partial charge >= 0.3 is 0 Å². The highest BCUT2D eigenvalue weighted by molar-refractivity contribution is 6.19. The van der Waals surface area contributed by atoms with Crippen LogP contribution in [0.25, 0.3) is 27.5 Å². The van der Waals surface area contributed by atoms with Gasteiger partial charge in [0.25, 0.3) is 0 Å². The number of hydrogen-bond donors (Lipinski definition) is 1. The molecule has 0 atom stereocenters. The lowest BCUT2D eigenvalue weighted by atomic mass is 9.65. The summed E-state index contributed by atoms with van der Waals surface area (Å²) in [5.41, 5.74) is 11.0. The molecule has 1 N–H and O–H groups in total. The Hall–Kier alpha value is -5.54. The first kappa shape index (κ1) is 25.2. The van der Waals surface area contributed by atoms with Crippen LogP contribution in [0.1, 0.15) is 34.7 Å². The second kappa shape index (κ2) is 9.78. The minimum atomic E-state index is -0.601. The van der Waals surface area contributed by atoms with Crippen molar-refractivity contribution in [2.24, 2.45) is 4.99 Å². The molecule has 0 saturated carbocycles. The first-order valence-electron chi connectivity index (χ1n) is 14.7. The van der Waals surface area contributed by atoms with Crippen molar-refractivity contribution >= 4 is 38.9 Å². The maximum Gasteiger partial charge on any atom is 0.0901 e. The molecule has 0 bridgehead atoms. The fraction of sp³-hybridized carbons (Fsp3) is 0.0500. The van der Waals surface area contributed by atoms with Crippen LogP contribution in [0.15, 0.2) is 157 Å². The number of nitrogens with zero attached hydrogens (tertiary/aromatic N) is 2. The van der Waals surface area contributed by atoms with E-state index in [0.29, 0.717) is 5.71 Å². The van der Waals surface area contributed by atoms with Gasteiger partial charge in [-0.1, -0.05) is 121 Å². The highest BCUT2D eigenvalue weighted by atomic mass is 15.0. The smallest absolute Gasteiger partial charge is 0.0901 e. The lowest BCUT2D eigenvalue weighted by Crippen LogP contribution is -2.36. The van der Waals surface area contributed by atoms with Crippen molar-refractivity contribution in [2.45, 2.75) is 12.3 Å². The third-order valence-electron chi connectivity index (χ3n) is 8.80. The summed E-state index contributed by atoms with van der Waals surface area (Å²) < 4.78 is 2.36. The molecule has 0 radical (unpaired) electrons. The van der Waals surface area contributed by atoms with Crippen molar-refractivity contribution in [1.82, 2.24) is 4.57 Å². The van der Waals surface area contributed by atoms with Crippen LogP contribution >= 0.6 is 0 Å². The molecule has 204 valence electrons. The van der Waals surface area contributed by atoms with Gasteiger partial charge in [0.15, 0.2) is 0 Å². The van der Waals surface area contributed by atoms with Crippen LogP contribution in [0.3, 0.4) is 0 Å². The second-order valence-electron chi connectivity index (χ2n) is 11.2. The predicted molar refractivity (Wildman–Crippen MR) is 179 cm³/mol. The fourth-order valence-corrected chi connectivity index (χ4v) is 6.87. The highest BCUT2D eigenvalue weighted by Crippen LogP contribution is 2.52.